The second-order valence-electron chi connectivity index (χ2n) is 6.82. The third-order valence-electron chi connectivity index (χ3n) is 4.73. The van der Waals surface area contributed by atoms with Gasteiger partial charge in [-0.2, -0.15) is 0 Å². The van der Waals surface area contributed by atoms with Crippen LogP contribution in [0, 0.1) is 0 Å². The van der Waals surface area contributed by atoms with Crippen molar-refractivity contribution < 1.29 is 4.79 Å². The third-order valence-corrected chi connectivity index (χ3v) is 4.98. The summed E-state index contributed by atoms with van der Waals surface area (Å²) in [5.74, 6) is -0.171. The van der Waals surface area contributed by atoms with Crippen molar-refractivity contribution in [3.63, 3.8) is 0 Å². The van der Waals surface area contributed by atoms with E-state index in [0.717, 1.165) is 22.4 Å². The third kappa shape index (κ3) is 4.85. The van der Waals surface area contributed by atoms with Gasteiger partial charge in [0.15, 0.2) is 0 Å². The van der Waals surface area contributed by atoms with E-state index < -0.39 is 0 Å². The lowest BCUT2D eigenvalue weighted by Crippen LogP contribution is -2.11. The van der Waals surface area contributed by atoms with Gasteiger partial charge in [-0.1, -0.05) is 66.2 Å². The Morgan fingerprint density at radius 1 is 0.933 bits per heavy atom. The highest BCUT2D eigenvalue weighted by Crippen LogP contribution is 2.28. The van der Waals surface area contributed by atoms with Crippen LogP contribution >= 0.6 is 11.6 Å². The zero-order chi connectivity index (χ0) is 20.8. The van der Waals surface area contributed by atoms with Gasteiger partial charge in [-0.05, 0) is 47.0 Å². The number of hydrogen-bond acceptors (Lipinski definition) is 2. The topological polar surface area (TPSA) is 46.9 Å². The maximum absolute atomic E-state index is 12.2. The van der Waals surface area contributed by atoms with Gasteiger partial charge in [0.25, 0.3) is 0 Å². The van der Waals surface area contributed by atoms with E-state index in [1.807, 2.05) is 89.6 Å². The van der Waals surface area contributed by atoms with Gasteiger partial charge in [-0.15, -0.1) is 0 Å². The molecule has 1 atom stereocenters. The second-order valence-corrected chi connectivity index (χ2v) is 7.26. The van der Waals surface area contributed by atoms with Crippen molar-refractivity contribution in [2.24, 2.45) is 0 Å². The van der Waals surface area contributed by atoms with Crippen LogP contribution < -0.4 is 5.32 Å². The molecule has 4 nitrogen and oxygen atoms in total. The van der Waals surface area contributed by atoms with Gasteiger partial charge in [0.2, 0.25) is 5.91 Å². The highest BCUT2D eigenvalue weighted by Gasteiger charge is 2.16. The Hall–Kier alpha value is -3.63. The molecule has 0 aliphatic rings. The van der Waals surface area contributed by atoms with E-state index in [1.165, 1.54) is 6.08 Å². The Bertz CT molecular complexity index is 1120. The van der Waals surface area contributed by atoms with E-state index >= 15 is 0 Å². The normalized spacial score (nSPS) is 12.0. The summed E-state index contributed by atoms with van der Waals surface area (Å²) in [6.07, 6.45) is 8.81. The number of nitrogens with one attached hydrogen (secondary N) is 1. The van der Waals surface area contributed by atoms with Crippen LogP contribution in [0.1, 0.15) is 22.7 Å². The molecule has 4 aromatic rings. The number of imidazole rings is 1. The maximum atomic E-state index is 12.2. The number of nitrogens with zero attached hydrogens (tertiary/aromatic N) is 2. The number of anilines is 1. The van der Waals surface area contributed by atoms with Crippen LogP contribution in [0.4, 0.5) is 5.69 Å². The van der Waals surface area contributed by atoms with Gasteiger partial charge in [0, 0.05) is 29.2 Å². The van der Waals surface area contributed by atoms with Crippen molar-refractivity contribution in [3.05, 3.63) is 125 Å². The van der Waals surface area contributed by atoms with E-state index in [4.69, 9.17) is 11.6 Å². The van der Waals surface area contributed by atoms with Crippen molar-refractivity contribution >= 4 is 29.3 Å². The summed E-state index contributed by atoms with van der Waals surface area (Å²) < 4.78 is 2.04. The highest BCUT2D eigenvalue weighted by molar-refractivity contribution is 6.30. The zero-order valence-electron chi connectivity index (χ0n) is 16.2. The molecule has 0 aliphatic carbocycles. The van der Waals surface area contributed by atoms with Crippen LogP contribution in [0.25, 0.3) is 6.08 Å². The summed E-state index contributed by atoms with van der Waals surface area (Å²) in [6, 6.07) is 25.3. The molecule has 5 heteroatoms. The first kappa shape index (κ1) is 19.7. The lowest BCUT2D eigenvalue weighted by atomic mass is 9.98. The molecule has 0 spiro atoms. The largest absolute Gasteiger partial charge is 0.326 e. The highest BCUT2D eigenvalue weighted by atomic mass is 35.5. The molecule has 1 amide bonds. The Kier molecular flexibility index (Phi) is 6.06. The van der Waals surface area contributed by atoms with E-state index in [2.05, 4.69) is 10.3 Å². The second kappa shape index (κ2) is 9.25. The van der Waals surface area contributed by atoms with Crippen molar-refractivity contribution in [2.75, 3.05) is 5.32 Å². The molecule has 0 saturated carbocycles. The molecule has 1 heterocycles. The predicted molar refractivity (Wildman–Crippen MR) is 121 cm³/mol. The molecule has 30 heavy (non-hydrogen) atoms. The van der Waals surface area contributed by atoms with Gasteiger partial charge >= 0.3 is 0 Å². The molecule has 4 rings (SSSR count). The maximum Gasteiger partial charge on any atom is 0.248 e. The smallest absolute Gasteiger partial charge is 0.248 e. The summed E-state index contributed by atoms with van der Waals surface area (Å²) >= 11 is 6.06. The Morgan fingerprint density at radius 2 is 1.60 bits per heavy atom. The molecule has 1 N–H and O–H groups in total. The minimum Gasteiger partial charge on any atom is -0.326 e. The van der Waals surface area contributed by atoms with E-state index in [-0.39, 0.29) is 11.9 Å². The molecule has 0 saturated heterocycles. The number of carbonyl (C=O) groups excluding carboxylic acids is 1. The van der Waals surface area contributed by atoms with Crippen LogP contribution in [0.15, 0.2) is 104 Å². The number of benzene rings is 3. The van der Waals surface area contributed by atoms with E-state index in [0.29, 0.717) is 5.02 Å². The number of aromatic nitrogens is 2. The van der Waals surface area contributed by atoms with Crippen molar-refractivity contribution in [1.82, 2.24) is 9.55 Å². The average Bonchev–Trinajstić information content (AvgIpc) is 3.30. The van der Waals surface area contributed by atoms with E-state index in [9.17, 15) is 4.79 Å². The van der Waals surface area contributed by atoms with Crippen molar-refractivity contribution in [1.29, 1.82) is 0 Å². The number of rotatable bonds is 6. The standard InChI is InChI=1S/C25H20ClN3O/c26-22-11-7-20(8-12-22)25(29-17-16-27-18-29)21-9-13-23(14-10-21)28-24(30)15-6-19-4-2-1-3-5-19/h1-18,25H,(H,28,30). The van der Waals surface area contributed by atoms with Gasteiger partial charge in [0.1, 0.15) is 0 Å². The monoisotopic (exact) mass is 413 g/mol. The van der Waals surface area contributed by atoms with Gasteiger partial charge in [-0.3, -0.25) is 4.79 Å². The molecule has 0 radical (unpaired) electrons. The zero-order valence-corrected chi connectivity index (χ0v) is 16.9. The first-order valence-electron chi connectivity index (χ1n) is 9.56. The number of halogens is 1. The molecule has 1 unspecified atom stereocenters. The summed E-state index contributed by atoms with van der Waals surface area (Å²) in [7, 11) is 0. The molecular weight excluding hydrogens is 394 g/mol. The Balaban J connectivity index is 1.51. The van der Waals surface area contributed by atoms with E-state index in [1.54, 1.807) is 18.6 Å². The molecular formula is C25H20ClN3O. The first-order valence-corrected chi connectivity index (χ1v) is 9.94. The molecule has 0 bridgehead atoms. The molecule has 0 fully saturated rings. The quantitative estimate of drug-likeness (QED) is 0.404. The van der Waals surface area contributed by atoms with Gasteiger partial charge in [-0.25, -0.2) is 4.98 Å². The lowest BCUT2D eigenvalue weighted by Gasteiger charge is -2.20. The van der Waals surface area contributed by atoms with Crippen LogP contribution in [0.3, 0.4) is 0 Å². The Labute approximate surface area is 180 Å². The average molecular weight is 414 g/mol. The summed E-state index contributed by atoms with van der Waals surface area (Å²) in [5.41, 5.74) is 3.89. The first-order chi connectivity index (χ1) is 14.7. The fraction of sp³-hybridized carbons (Fsp3) is 0.0400. The minimum absolute atomic E-state index is 0.0347. The molecule has 3 aromatic carbocycles. The lowest BCUT2D eigenvalue weighted by molar-refractivity contribution is -0.111. The summed E-state index contributed by atoms with van der Waals surface area (Å²) in [4.78, 5) is 16.4. The number of carbonyl (C=O) groups is 1. The SMILES string of the molecule is O=C(C=Cc1ccccc1)Nc1ccc(C(c2ccc(Cl)cc2)n2ccnc2)cc1. The van der Waals surface area contributed by atoms with Gasteiger partial charge < -0.3 is 9.88 Å². The molecule has 1 aromatic heterocycles. The van der Waals surface area contributed by atoms with Crippen LogP contribution in [0.5, 0.6) is 0 Å². The van der Waals surface area contributed by atoms with Crippen LogP contribution in [0.2, 0.25) is 5.02 Å². The summed E-state index contributed by atoms with van der Waals surface area (Å²) in [6.45, 7) is 0. The Morgan fingerprint density at radius 3 is 2.23 bits per heavy atom. The van der Waals surface area contributed by atoms with Crippen LogP contribution in [-0.4, -0.2) is 15.5 Å². The number of amides is 1. The molecule has 148 valence electrons. The van der Waals surface area contributed by atoms with Crippen molar-refractivity contribution in [2.45, 2.75) is 6.04 Å². The number of hydrogen-bond donors (Lipinski definition) is 1. The summed E-state index contributed by atoms with van der Waals surface area (Å²) in [5, 5.41) is 3.60. The van der Waals surface area contributed by atoms with Crippen molar-refractivity contribution in [3.8, 4) is 0 Å². The fourth-order valence-electron chi connectivity index (χ4n) is 3.27. The predicted octanol–water partition coefficient (Wildman–Crippen LogP) is 5.83. The van der Waals surface area contributed by atoms with Gasteiger partial charge in [0.05, 0.1) is 12.4 Å². The molecule has 0 aliphatic heterocycles. The fourth-order valence-corrected chi connectivity index (χ4v) is 3.40. The minimum atomic E-state index is -0.171. The van der Waals surface area contributed by atoms with Crippen LogP contribution in [-0.2, 0) is 4.79 Å².